The van der Waals surface area contributed by atoms with E-state index < -0.39 is 0 Å². The monoisotopic (exact) mass is 519 g/mol. The number of halogens is 2. The topological polar surface area (TPSA) is 34.1 Å². The van der Waals surface area contributed by atoms with Gasteiger partial charge < -0.3 is 20.0 Å². The normalized spacial score (nSPS) is 17.2. The molecule has 1 saturated heterocycles. The molecule has 0 amide bonds. The van der Waals surface area contributed by atoms with Gasteiger partial charge in [0.15, 0.2) is 5.96 Å². The molecule has 0 aromatic heterocycles. The fraction of sp³-hybridized carbons (Fsp3) is 0.682. The van der Waals surface area contributed by atoms with Gasteiger partial charge in [0.1, 0.15) is 5.82 Å². The number of guanidine groups is 1. The lowest BCUT2D eigenvalue weighted by molar-refractivity contribution is 0.255. The molecule has 1 aliphatic heterocycles. The molecule has 2 rings (SSSR count). The van der Waals surface area contributed by atoms with E-state index in [0.717, 1.165) is 56.4 Å². The van der Waals surface area contributed by atoms with Crippen LogP contribution in [-0.2, 0) is 13.1 Å². The molecular weight excluding hydrogens is 480 g/mol. The highest BCUT2D eigenvalue weighted by atomic mass is 127. The summed E-state index contributed by atoms with van der Waals surface area (Å²) >= 11 is 0. The maximum atomic E-state index is 14.0. The van der Waals surface area contributed by atoms with Crippen LogP contribution in [0.1, 0.15) is 38.3 Å². The van der Waals surface area contributed by atoms with Gasteiger partial charge >= 0.3 is 0 Å². The van der Waals surface area contributed by atoms with Gasteiger partial charge in [0, 0.05) is 38.3 Å². The van der Waals surface area contributed by atoms with Crippen molar-refractivity contribution in [3.63, 3.8) is 0 Å². The van der Waals surface area contributed by atoms with Crippen molar-refractivity contribution in [2.45, 2.75) is 40.3 Å². The van der Waals surface area contributed by atoms with Crippen LogP contribution in [0.15, 0.2) is 23.2 Å². The summed E-state index contributed by atoms with van der Waals surface area (Å²) in [6.07, 6.45) is 1.21. The zero-order chi connectivity index (χ0) is 20.5. The van der Waals surface area contributed by atoms with Gasteiger partial charge in [-0.25, -0.2) is 9.38 Å². The number of likely N-dealkylation sites (tertiary alicyclic amines) is 1. The fourth-order valence-corrected chi connectivity index (χ4v) is 3.80. The Balaban J connectivity index is 0.00000420. The van der Waals surface area contributed by atoms with Crippen LogP contribution in [0.5, 0.6) is 0 Å². The van der Waals surface area contributed by atoms with E-state index in [4.69, 9.17) is 4.99 Å². The smallest absolute Gasteiger partial charge is 0.194 e. The average molecular weight is 519 g/mol. The number of hydrogen-bond donors (Lipinski definition) is 1. The molecule has 1 fully saturated rings. The highest BCUT2D eigenvalue weighted by Gasteiger charge is 2.25. The molecule has 1 aromatic carbocycles. The maximum absolute atomic E-state index is 14.0. The Morgan fingerprint density at radius 3 is 2.59 bits per heavy atom. The van der Waals surface area contributed by atoms with Crippen LogP contribution < -0.4 is 5.32 Å². The molecule has 5 nitrogen and oxygen atoms in total. The Kier molecular flexibility index (Phi) is 12.1. The Labute approximate surface area is 193 Å². The molecule has 1 atom stereocenters. The Morgan fingerprint density at radius 2 is 1.97 bits per heavy atom. The quantitative estimate of drug-likeness (QED) is 0.307. The first kappa shape index (κ1) is 26.1. The van der Waals surface area contributed by atoms with Crippen molar-refractivity contribution in [2.75, 3.05) is 53.4 Å². The van der Waals surface area contributed by atoms with E-state index in [1.54, 1.807) is 6.07 Å². The minimum Gasteiger partial charge on any atom is -0.357 e. The van der Waals surface area contributed by atoms with Crippen molar-refractivity contribution in [1.29, 1.82) is 0 Å². The average Bonchev–Trinajstić information content (AvgIpc) is 3.13. The zero-order valence-electron chi connectivity index (χ0n) is 18.7. The first-order valence-corrected chi connectivity index (χ1v) is 10.6. The Bertz CT molecular complexity index is 634. The zero-order valence-corrected chi connectivity index (χ0v) is 21.1. The van der Waals surface area contributed by atoms with Crippen LogP contribution in [0, 0.1) is 11.7 Å². The van der Waals surface area contributed by atoms with Gasteiger partial charge in [-0.1, -0.05) is 19.9 Å². The molecule has 7 heteroatoms. The summed E-state index contributed by atoms with van der Waals surface area (Å²) in [6.45, 7) is 14.1. The molecule has 0 bridgehead atoms. The molecule has 0 spiro atoms. The number of benzene rings is 1. The molecule has 0 aliphatic carbocycles. The Morgan fingerprint density at radius 1 is 1.24 bits per heavy atom. The number of hydrogen-bond acceptors (Lipinski definition) is 3. The van der Waals surface area contributed by atoms with Crippen molar-refractivity contribution in [2.24, 2.45) is 10.9 Å². The van der Waals surface area contributed by atoms with Gasteiger partial charge in [-0.3, -0.25) is 0 Å². The lowest BCUT2D eigenvalue weighted by Gasteiger charge is -2.24. The highest BCUT2D eigenvalue weighted by Crippen LogP contribution is 2.18. The minimum absolute atomic E-state index is 0. The molecule has 0 radical (unpaired) electrons. The fourth-order valence-electron chi connectivity index (χ4n) is 3.80. The number of nitrogens with one attached hydrogen (secondary N) is 1. The number of aliphatic imine (C=N–C) groups is 1. The third kappa shape index (κ3) is 8.38. The van der Waals surface area contributed by atoms with Crippen molar-refractivity contribution < 1.29 is 4.39 Å². The van der Waals surface area contributed by atoms with Gasteiger partial charge in [-0.05, 0) is 64.1 Å². The summed E-state index contributed by atoms with van der Waals surface area (Å²) in [6, 6.07) is 5.34. The number of rotatable bonds is 9. The van der Waals surface area contributed by atoms with E-state index in [1.165, 1.54) is 6.42 Å². The van der Waals surface area contributed by atoms with Crippen molar-refractivity contribution in [3.8, 4) is 0 Å². The first-order valence-electron chi connectivity index (χ1n) is 10.6. The van der Waals surface area contributed by atoms with Crippen LogP contribution in [0.3, 0.4) is 0 Å². The second kappa shape index (κ2) is 13.4. The number of nitrogens with zero attached hydrogens (tertiary/aromatic N) is 4. The van der Waals surface area contributed by atoms with Gasteiger partial charge in [-0.15, -0.1) is 24.0 Å². The van der Waals surface area contributed by atoms with E-state index >= 15 is 0 Å². The molecule has 1 heterocycles. The van der Waals surface area contributed by atoms with Crippen molar-refractivity contribution in [3.05, 3.63) is 35.1 Å². The van der Waals surface area contributed by atoms with Gasteiger partial charge in [0.2, 0.25) is 0 Å². The second-order valence-electron chi connectivity index (χ2n) is 7.92. The Hall–Kier alpha value is -0.930. The van der Waals surface area contributed by atoms with E-state index in [1.807, 2.05) is 31.1 Å². The maximum Gasteiger partial charge on any atom is 0.194 e. The third-order valence-corrected chi connectivity index (χ3v) is 5.34. The molecule has 166 valence electrons. The van der Waals surface area contributed by atoms with E-state index in [0.29, 0.717) is 19.0 Å². The second-order valence-corrected chi connectivity index (χ2v) is 7.92. The minimum atomic E-state index is -0.146. The summed E-state index contributed by atoms with van der Waals surface area (Å²) in [7, 11) is 3.91. The summed E-state index contributed by atoms with van der Waals surface area (Å²) in [4.78, 5) is 11.7. The van der Waals surface area contributed by atoms with Crippen molar-refractivity contribution in [1.82, 2.24) is 20.0 Å². The molecule has 1 aliphatic rings. The third-order valence-electron chi connectivity index (χ3n) is 5.34. The summed E-state index contributed by atoms with van der Waals surface area (Å²) in [5, 5.41) is 3.43. The lowest BCUT2D eigenvalue weighted by Crippen LogP contribution is -2.40. The van der Waals surface area contributed by atoms with Gasteiger partial charge in [-0.2, -0.15) is 0 Å². The van der Waals surface area contributed by atoms with Crippen molar-refractivity contribution >= 4 is 29.9 Å². The lowest BCUT2D eigenvalue weighted by atomic mass is 10.1. The van der Waals surface area contributed by atoms with Crippen LogP contribution in [0.4, 0.5) is 4.39 Å². The SMILES string of the molecule is CCNC(=NCc1ccc(F)c(CN(C)C)c1)N1CCC(CN(CC)CC)C1.I. The summed E-state index contributed by atoms with van der Waals surface area (Å²) < 4.78 is 14.0. The highest BCUT2D eigenvalue weighted by molar-refractivity contribution is 14.0. The molecule has 1 unspecified atom stereocenters. The molecule has 1 aromatic rings. The standard InChI is InChI=1S/C22H38FN5.HI/c1-6-24-22(28-12-11-19(16-28)15-27(7-2)8-3)25-14-18-9-10-21(23)20(13-18)17-26(4)5;/h9-10,13,19H,6-8,11-12,14-17H2,1-5H3,(H,24,25);1H. The largest absolute Gasteiger partial charge is 0.357 e. The summed E-state index contributed by atoms with van der Waals surface area (Å²) in [5.74, 6) is 1.52. The van der Waals surface area contributed by atoms with Crippen LogP contribution in [0.25, 0.3) is 0 Å². The predicted octanol–water partition coefficient (Wildman–Crippen LogP) is 3.63. The molecule has 0 saturated carbocycles. The van der Waals surface area contributed by atoms with Crippen LogP contribution in [-0.4, -0.2) is 74.0 Å². The first-order chi connectivity index (χ1) is 13.5. The van der Waals surface area contributed by atoms with E-state index in [-0.39, 0.29) is 29.8 Å². The molecular formula is C22H39FIN5. The summed E-state index contributed by atoms with van der Waals surface area (Å²) in [5.41, 5.74) is 1.77. The molecule has 29 heavy (non-hydrogen) atoms. The van der Waals surface area contributed by atoms with E-state index in [2.05, 4.69) is 35.9 Å². The predicted molar refractivity (Wildman–Crippen MR) is 131 cm³/mol. The van der Waals surface area contributed by atoms with E-state index in [9.17, 15) is 4.39 Å². The van der Waals surface area contributed by atoms with Gasteiger partial charge in [0.05, 0.1) is 6.54 Å². The van der Waals surface area contributed by atoms with Gasteiger partial charge in [0.25, 0.3) is 0 Å². The molecule has 1 N–H and O–H groups in total. The van der Waals surface area contributed by atoms with Crippen LogP contribution >= 0.6 is 24.0 Å². The van der Waals surface area contributed by atoms with Crippen LogP contribution in [0.2, 0.25) is 0 Å².